The molecule has 7 heteroatoms. The van der Waals surface area contributed by atoms with Crippen molar-refractivity contribution in [1.82, 2.24) is 9.88 Å². The van der Waals surface area contributed by atoms with Gasteiger partial charge in [-0.2, -0.15) is 0 Å². The van der Waals surface area contributed by atoms with Gasteiger partial charge in [-0.05, 0) is 24.3 Å². The van der Waals surface area contributed by atoms with Crippen LogP contribution in [0.4, 0.5) is 5.69 Å². The van der Waals surface area contributed by atoms with Crippen molar-refractivity contribution in [2.45, 2.75) is 0 Å². The lowest BCUT2D eigenvalue weighted by molar-refractivity contribution is -0.116. The molecule has 4 aromatic rings. The quantitative estimate of drug-likeness (QED) is 0.399. The van der Waals surface area contributed by atoms with Crippen molar-refractivity contribution in [3.8, 4) is 11.3 Å². The Kier molecular flexibility index (Phi) is 6.40. The number of nitrogens with zero attached hydrogens (tertiary/aromatic N) is 2. The van der Waals surface area contributed by atoms with Crippen LogP contribution < -0.4 is 5.32 Å². The topological polar surface area (TPSA) is 62.3 Å². The second kappa shape index (κ2) is 9.39. The number of nitrogens with one attached hydrogen (secondary N) is 1. The Morgan fingerprint density at radius 1 is 0.906 bits per heavy atom. The second-order valence-corrected chi connectivity index (χ2v) is 8.06. The molecule has 160 valence electrons. The molecule has 0 saturated carbocycles. The molecule has 0 aliphatic rings. The number of benzene rings is 3. The summed E-state index contributed by atoms with van der Waals surface area (Å²) in [4.78, 5) is 32.0. The summed E-state index contributed by atoms with van der Waals surface area (Å²) < 4.78 is 0. The van der Waals surface area contributed by atoms with Crippen LogP contribution in [0.25, 0.3) is 22.2 Å². The Balaban J connectivity index is 1.62. The molecule has 0 unspecified atom stereocenters. The number of hydrogen-bond acceptors (Lipinski definition) is 3. The summed E-state index contributed by atoms with van der Waals surface area (Å²) in [6.45, 7) is -0.169. The van der Waals surface area contributed by atoms with Crippen molar-refractivity contribution < 1.29 is 9.59 Å². The van der Waals surface area contributed by atoms with Crippen LogP contribution in [0.2, 0.25) is 10.0 Å². The molecular weight excluding hydrogens is 445 g/mol. The zero-order valence-electron chi connectivity index (χ0n) is 17.2. The smallest absolute Gasteiger partial charge is 0.254 e. The molecule has 5 nitrogen and oxygen atoms in total. The zero-order valence-corrected chi connectivity index (χ0v) is 18.7. The lowest BCUT2D eigenvalue weighted by Crippen LogP contribution is -2.35. The van der Waals surface area contributed by atoms with Gasteiger partial charge in [0.2, 0.25) is 5.91 Å². The molecule has 0 aliphatic carbocycles. The molecule has 1 N–H and O–H groups in total. The van der Waals surface area contributed by atoms with Crippen LogP contribution in [0, 0.1) is 0 Å². The Hall–Kier alpha value is -3.41. The lowest BCUT2D eigenvalue weighted by atomic mass is 10.0. The number of halogens is 2. The molecule has 3 aromatic carbocycles. The van der Waals surface area contributed by atoms with Crippen LogP contribution >= 0.6 is 23.2 Å². The highest BCUT2D eigenvalue weighted by Gasteiger charge is 2.20. The first-order valence-corrected chi connectivity index (χ1v) is 10.6. The van der Waals surface area contributed by atoms with E-state index in [2.05, 4.69) is 5.32 Å². The molecule has 0 saturated heterocycles. The maximum Gasteiger partial charge on any atom is 0.254 e. The molecule has 4 rings (SSSR count). The first-order chi connectivity index (χ1) is 15.4. The monoisotopic (exact) mass is 463 g/mol. The summed E-state index contributed by atoms with van der Waals surface area (Å²) in [6.07, 6.45) is 0. The molecule has 0 radical (unpaired) electrons. The Morgan fingerprint density at radius 3 is 2.28 bits per heavy atom. The van der Waals surface area contributed by atoms with E-state index in [0.29, 0.717) is 32.5 Å². The number of para-hydroxylation sites is 2. The predicted octanol–water partition coefficient (Wildman–Crippen LogP) is 5.92. The molecule has 0 aliphatic heterocycles. The predicted molar refractivity (Wildman–Crippen MR) is 129 cm³/mol. The fourth-order valence-corrected chi connectivity index (χ4v) is 3.89. The van der Waals surface area contributed by atoms with E-state index in [1.54, 1.807) is 31.3 Å². The molecule has 1 aromatic heterocycles. The van der Waals surface area contributed by atoms with Crippen molar-refractivity contribution in [3.05, 3.63) is 94.5 Å². The minimum Gasteiger partial charge on any atom is -0.332 e. The van der Waals surface area contributed by atoms with E-state index in [0.717, 1.165) is 10.9 Å². The van der Waals surface area contributed by atoms with Crippen LogP contribution in [-0.2, 0) is 4.79 Å². The highest BCUT2D eigenvalue weighted by molar-refractivity contribution is 6.39. The van der Waals surface area contributed by atoms with E-state index in [9.17, 15) is 9.59 Å². The van der Waals surface area contributed by atoms with Crippen molar-refractivity contribution in [2.75, 3.05) is 18.9 Å². The van der Waals surface area contributed by atoms with Gasteiger partial charge in [-0.3, -0.25) is 9.59 Å². The fourth-order valence-electron chi connectivity index (χ4n) is 3.40. The number of amides is 2. The average Bonchev–Trinajstić information content (AvgIpc) is 2.81. The largest absolute Gasteiger partial charge is 0.332 e. The molecule has 0 fully saturated rings. The first kappa shape index (κ1) is 21.8. The number of pyridine rings is 1. The van der Waals surface area contributed by atoms with Gasteiger partial charge in [0.25, 0.3) is 5.91 Å². The average molecular weight is 464 g/mol. The Morgan fingerprint density at radius 2 is 1.56 bits per heavy atom. The maximum absolute atomic E-state index is 13.3. The number of hydrogen-bond donors (Lipinski definition) is 1. The van der Waals surface area contributed by atoms with E-state index in [1.807, 2.05) is 54.6 Å². The minimum atomic E-state index is -0.405. The van der Waals surface area contributed by atoms with Gasteiger partial charge in [0.15, 0.2) is 0 Å². The highest BCUT2D eigenvalue weighted by Crippen LogP contribution is 2.30. The van der Waals surface area contributed by atoms with Gasteiger partial charge in [0.05, 0.1) is 39.1 Å². The molecule has 32 heavy (non-hydrogen) atoms. The minimum absolute atomic E-state index is 0.169. The fraction of sp³-hybridized carbons (Fsp3) is 0.0800. The van der Waals surface area contributed by atoms with E-state index in [-0.39, 0.29) is 12.5 Å². The number of aromatic nitrogens is 1. The van der Waals surface area contributed by atoms with Crippen LogP contribution in [0.1, 0.15) is 10.4 Å². The number of carbonyl (C=O) groups excluding carboxylic acids is 2. The van der Waals surface area contributed by atoms with Crippen molar-refractivity contribution in [1.29, 1.82) is 0 Å². The van der Waals surface area contributed by atoms with Gasteiger partial charge in [0.1, 0.15) is 0 Å². The van der Waals surface area contributed by atoms with Gasteiger partial charge in [-0.25, -0.2) is 4.98 Å². The van der Waals surface area contributed by atoms with E-state index in [1.165, 1.54) is 4.90 Å². The van der Waals surface area contributed by atoms with E-state index in [4.69, 9.17) is 28.2 Å². The second-order valence-electron chi connectivity index (χ2n) is 7.24. The Bertz CT molecular complexity index is 1290. The number of rotatable bonds is 5. The summed E-state index contributed by atoms with van der Waals surface area (Å²) in [5.74, 6) is -0.696. The SMILES string of the molecule is CN(CC(=O)Nc1c(Cl)cccc1Cl)C(=O)c1cc(-c2ccccc2)nc2ccccc12. The van der Waals surface area contributed by atoms with Gasteiger partial charge in [-0.1, -0.05) is 77.8 Å². The standard InChI is InChI=1S/C25H19Cl2N3O2/c1-30(15-23(31)29-24-19(26)11-7-12-20(24)27)25(32)18-14-22(16-8-3-2-4-9-16)28-21-13-6-5-10-17(18)21/h2-14H,15H2,1H3,(H,29,31). The summed E-state index contributed by atoms with van der Waals surface area (Å²) in [6, 6.07) is 23.8. The number of carbonyl (C=O) groups is 2. The van der Waals surface area contributed by atoms with Crippen LogP contribution in [0.3, 0.4) is 0 Å². The first-order valence-electron chi connectivity index (χ1n) is 9.88. The van der Waals surface area contributed by atoms with E-state index < -0.39 is 5.91 Å². The van der Waals surface area contributed by atoms with Crippen LogP contribution in [-0.4, -0.2) is 35.3 Å². The van der Waals surface area contributed by atoms with Gasteiger partial charge < -0.3 is 10.2 Å². The molecule has 0 atom stereocenters. The molecule has 2 amide bonds. The summed E-state index contributed by atoms with van der Waals surface area (Å²) >= 11 is 12.2. The van der Waals surface area contributed by atoms with Crippen LogP contribution in [0.5, 0.6) is 0 Å². The number of fused-ring (bicyclic) bond motifs is 1. The third-order valence-electron chi connectivity index (χ3n) is 4.97. The van der Waals surface area contributed by atoms with Gasteiger partial charge >= 0.3 is 0 Å². The molecular formula is C25H19Cl2N3O2. The normalized spacial score (nSPS) is 10.7. The van der Waals surface area contributed by atoms with Crippen molar-refractivity contribution in [2.24, 2.45) is 0 Å². The number of likely N-dealkylation sites (N-methyl/N-ethyl adjacent to an activating group) is 1. The maximum atomic E-state index is 13.3. The summed E-state index contributed by atoms with van der Waals surface area (Å²) in [5, 5.41) is 4.05. The molecule has 0 spiro atoms. The number of anilines is 1. The van der Waals surface area contributed by atoms with Crippen molar-refractivity contribution >= 4 is 51.6 Å². The van der Waals surface area contributed by atoms with E-state index >= 15 is 0 Å². The summed E-state index contributed by atoms with van der Waals surface area (Å²) in [7, 11) is 1.58. The summed E-state index contributed by atoms with van der Waals surface area (Å²) in [5.41, 5.74) is 3.09. The van der Waals surface area contributed by atoms with Crippen molar-refractivity contribution in [3.63, 3.8) is 0 Å². The van der Waals surface area contributed by atoms with Gasteiger partial charge in [0, 0.05) is 18.0 Å². The molecule has 0 bridgehead atoms. The third-order valence-corrected chi connectivity index (χ3v) is 5.60. The van der Waals surface area contributed by atoms with Crippen LogP contribution in [0.15, 0.2) is 78.9 Å². The lowest BCUT2D eigenvalue weighted by Gasteiger charge is -2.19. The third kappa shape index (κ3) is 4.59. The Labute approximate surface area is 195 Å². The molecule has 1 heterocycles. The van der Waals surface area contributed by atoms with Gasteiger partial charge in [-0.15, -0.1) is 0 Å². The highest BCUT2D eigenvalue weighted by atomic mass is 35.5. The zero-order chi connectivity index (χ0) is 22.7.